The molecule has 0 fully saturated rings. The molecule has 0 nitrogen and oxygen atoms in total. The summed E-state index contributed by atoms with van der Waals surface area (Å²) in [6, 6.07) is 15.2. The van der Waals surface area contributed by atoms with Gasteiger partial charge in [0, 0.05) is 4.83 Å². The van der Waals surface area contributed by atoms with Gasteiger partial charge in [-0.3, -0.25) is 0 Å². The number of fused-ring (bicyclic) bond motifs is 1. The molecule has 1 heteroatoms. The molecular formula is C18H23Br. The fraction of sp³-hybridized carbons (Fsp3) is 0.444. The molecule has 102 valence electrons. The molecular weight excluding hydrogens is 296 g/mol. The predicted molar refractivity (Wildman–Crippen MR) is 88.9 cm³/mol. The smallest absolute Gasteiger partial charge is 0.0404 e. The molecule has 0 aromatic heterocycles. The molecule has 0 spiro atoms. The van der Waals surface area contributed by atoms with Crippen LogP contribution in [0.25, 0.3) is 10.8 Å². The van der Waals surface area contributed by atoms with Gasteiger partial charge >= 0.3 is 0 Å². The van der Waals surface area contributed by atoms with Crippen LogP contribution in [0.1, 0.15) is 44.5 Å². The summed E-state index contributed by atoms with van der Waals surface area (Å²) >= 11 is 3.90. The molecule has 2 atom stereocenters. The fourth-order valence-corrected chi connectivity index (χ4v) is 3.27. The summed E-state index contributed by atoms with van der Waals surface area (Å²) in [5.41, 5.74) is 1.77. The highest BCUT2D eigenvalue weighted by Crippen LogP contribution is 2.39. The van der Waals surface area contributed by atoms with E-state index in [0.717, 1.165) is 6.42 Å². The molecule has 0 bridgehead atoms. The molecule has 0 saturated heterocycles. The van der Waals surface area contributed by atoms with Crippen molar-refractivity contribution < 1.29 is 0 Å². The van der Waals surface area contributed by atoms with Gasteiger partial charge in [-0.1, -0.05) is 86.1 Å². The van der Waals surface area contributed by atoms with Gasteiger partial charge in [0.1, 0.15) is 0 Å². The molecule has 0 amide bonds. The van der Waals surface area contributed by atoms with Crippen LogP contribution in [-0.4, -0.2) is 0 Å². The van der Waals surface area contributed by atoms with Crippen molar-refractivity contribution in [2.75, 3.05) is 0 Å². The minimum atomic E-state index is 0.358. The Balaban J connectivity index is 2.29. The highest BCUT2D eigenvalue weighted by Gasteiger charge is 2.23. The molecule has 2 aromatic carbocycles. The highest BCUT2D eigenvalue weighted by molar-refractivity contribution is 9.09. The Labute approximate surface area is 125 Å². The summed E-state index contributed by atoms with van der Waals surface area (Å²) in [5, 5.41) is 2.70. The maximum absolute atomic E-state index is 3.90. The van der Waals surface area contributed by atoms with Crippen molar-refractivity contribution in [1.29, 1.82) is 0 Å². The van der Waals surface area contributed by atoms with Gasteiger partial charge in [-0.05, 0) is 34.1 Å². The average molecular weight is 319 g/mol. The van der Waals surface area contributed by atoms with Crippen LogP contribution in [0.4, 0.5) is 0 Å². The SMILES string of the molecule is CC(CC(Br)c1cccc2ccccc12)C(C)(C)C. The Morgan fingerprint density at radius 1 is 1.00 bits per heavy atom. The first-order chi connectivity index (χ1) is 8.89. The Kier molecular flexibility index (Phi) is 4.35. The normalized spacial score (nSPS) is 15.4. The molecule has 2 aromatic rings. The molecule has 0 radical (unpaired) electrons. The Hall–Kier alpha value is -0.820. The quantitative estimate of drug-likeness (QED) is 0.578. The highest BCUT2D eigenvalue weighted by atomic mass is 79.9. The van der Waals surface area contributed by atoms with Crippen LogP contribution in [0.15, 0.2) is 42.5 Å². The van der Waals surface area contributed by atoms with E-state index in [0.29, 0.717) is 16.2 Å². The third-order valence-electron chi connectivity index (χ3n) is 4.20. The summed E-state index contributed by atoms with van der Waals surface area (Å²) in [6.07, 6.45) is 1.16. The number of rotatable bonds is 3. The summed E-state index contributed by atoms with van der Waals surface area (Å²) < 4.78 is 0. The van der Waals surface area contributed by atoms with E-state index in [9.17, 15) is 0 Å². The van der Waals surface area contributed by atoms with Crippen LogP contribution >= 0.6 is 15.9 Å². The summed E-state index contributed by atoms with van der Waals surface area (Å²) in [4.78, 5) is 0.424. The monoisotopic (exact) mass is 318 g/mol. The zero-order valence-electron chi connectivity index (χ0n) is 12.3. The Bertz CT molecular complexity index is 546. The van der Waals surface area contributed by atoms with Gasteiger partial charge in [-0.2, -0.15) is 0 Å². The van der Waals surface area contributed by atoms with Crippen LogP contribution in [-0.2, 0) is 0 Å². The van der Waals surface area contributed by atoms with Crippen molar-refractivity contribution >= 4 is 26.7 Å². The van der Waals surface area contributed by atoms with Crippen molar-refractivity contribution in [3.8, 4) is 0 Å². The third-order valence-corrected chi connectivity index (χ3v) is 5.07. The van der Waals surface area contributed by atoms with Crippen LogP contribution in [0.2, 0.25) is 0 Å². The maximum atomic E-state index is 3.90. The molecule has 0 aliphatic heterocycles. The zero-order chi connectivity index (χ0) is 14.0. The number of benzene rings is 2. The predicted octanol–water partition coefficient (Wildman–Crippen LogP) is 6.35. The minimum Gasteiger partial charge on any atom is -0.0838 e. The first-order valence-electron chi connectivity index (χ1n) is 7.01. The average Bonchev–Trinajstić information content (AvgIpc) is 2.36. The molecule has 0 saturated carbocycles. The summed E-state index contributed by atoms with van der Waals surface area (Å²) in [5.74, 6) is 0.677. The number of alkyl halides is 1. The van der Waals surface area contributed by atoms with E-state index in [-0.39, 0.29) is 0 Å². The lowest BCUT2D eigenvalue weighted by Crippen LogP contribution is -2.18. The second kappa shape index (κ2) is 5.66. The van der Waals surface area contributed by atoms with Gasteiger partial charge in [0.2, 0.25) is 0 Å². The lowest BCUT2D eigenvalue weighted by atomic mass is 9.78. The Morgan fingerprint density at radius 3 is 2.32 bits per heavy atom. The van der Waals surface area contributed by atoms with Gasteiger partial charge in [-0.25, -0.2) is 0 Å². The second-order valence-electron chi connectivity index (χ2n) is 6.54. The minimum absolute atomic E-state index is 0.358. The van der Waals surface area contributed by atoms with E-state index >= 15 is 0 Å². The van der Waals surface area contributed by atoms with Gasteiger partial charge < -0.3 is 0 Å². The van der Waals surface area contributed by atoms with E-state index in [4.69, 9.17) is 0 Å². The maximum Gasteiger partial charge on any atom is 0.0404 e. The largest absolute Gasteiger partial charge is 0.0838 e. The molecule has 0 heterocycles. The molecule has 19 heavy (non-hydrogen) atoms. The lowest BCUT2D eigenvalue weighted by molar-refractivity contribution is 0.247. The van der Waals surface area contributed by atoms with E-state index in [1.165, 1.54) is 16.3 Å². The Morgan fingerprint density at radius 2 is 1.63 bits per heavy atom. The van der Waals surface area contributed by atoms with Crippen LogP contribution in [0.3, 0.4) is 0 Å². The molecule has 0 aliphatic carbocycles. The zero-order valence-corrected chi connectivity index (χ0v) is 13.9. The van der Waals surface area contributed by atoms with Crippen molar-refractivity contribution in [2.45, 2.75) is 38.9 Å². The van der Waals surface area contributed by atoms with Gasteiger partial charge in [0.25, 0.3) is 0 Å². The molecule has 0 aliphatic rings. The number of hydrogen-bond acceptors (Lipinski definition) is 0. The molecule has 2 unspecified atom stereocenters. The van der Waals surface area contributed by atoms with Gasteiger partial charge in [0.05, 0.1) is 0 Å². The first-order valence-corrected chi connectivity index (χ1v) is 7.93. The number of halogens is 1. The summed E-state index contributed by atoms with van der Waals surface area (Å²) in [7, 11) is 0. The van der Waals surface area contributed by atoms with E-state index in [2.05, 4.69) is 86.1 Å². The van der Waals surface area contributed by atoms with Crippen LogP contribution in [0, 0.1) is 11.3 Å². The van der Waals surface area contributed by atoms with Crippen LogP contribution in [0.5, 0.6) is 0 Å². The standard InChI is InChI=1S/C18H23Br/c1-13(18(2,3)4)12-17(19)16-11-7-9-14-8-5-6-10-15(14)16/h5-11,13,17H,12H2,1-4H3. The number of hydrogen-bond donors (Lipinski definition) is 0. The second-order valence-corrected chi connectivity index (χ2v) is 7.64. The first kappa shape index (κ1) is 14.6. The van der Waals surface area contributed by atoms with Crippen LogP contribution < -0.4 is 0 Å². The van der Waals surface area contributed by atoms with E-state index in [1.54, 1.807) is 0 Å². The van der Waals surface area contributed by atoms with Crippen molar-refractivity contribution in [3.05, 3.63) is 48.0 Å². The van der Waals surface area contributed by atoms with E-state index < -0.39 is 0 Å². The van der Waals surface area contributed by atoms with E-state index in [1.807, 2.05) is 0 Å². The third kappa shape index (κ3) is 3.39. The molecule has 2 rings (SSSR count). The fourth-order valence-electron chi connectivity index (χ4n) is 2.31. The summed E-state index contributed by atoms with van der Waals surface area (Å²) in [6.45, 7) is 9.31. The van der Waals surface area contributed by atoms with Gasteiger partial charge in [-0.15, -0.1) is 0 Å². The van der Waals surface area contributed by atoms with Gasteiger partial charge in [0.15, 0.2) is 0 Å². The topological polar surface area (TPSA) is 0 Å². The molecule has 0 N–H and O–H groups in total. The van der Waals surface area contributed by atoms with Crippen molar-refractivity contribution in [3.63, 3.8) is 0 Å². The lowest BCUT2D eigenvalue weighted by Gasteiger charge is -2.29. The van der Waals surface area contributed by atoms with Crippen molar-refractivity contribution in [1.82, 2.24) is 0 Å². The van der Waals surface area contributed by atoms with Crippen molar-refractivity contribution in [2.24, 2.45) is 11.3 Å².